The number of carbonyl (C=O) groups is 1. The van der Waals surface area contributed by atoms with Gasteiger partial charge in [0.25, 0.3) is 0 Å². The molecule has 1 amide bonds. The Morgan fingerprint density at radius 1 is 1.00 bits per heavy atom. The third-order valence-corrected chi connectivity index (χ3v) is 6.31. The van der Waals surface area contributed by atoms with E-state index in [1.165, 1.54) is 6.07 Å². The van der Waals surface area contributed by atoms with E-state index in [1.54, 1.807) is 33.5 Å². The number of nitrogens with one attached hydrogen (secondary N) is 1. The average Bonchev–Trinajstić information content (AvgIpc) is 3.13. The van der Waals surface area contributed by atoms with Crippen molar-refractivity contribution >= 4 is 22.5 Å². The highest BCUT2D eigenvalue weighted by Crippen LogP contribution is 2.45. The zero-order valence-electron chi connectivity index (χ0n) is 19.2. The molecule has 2 heterocycles. The van der Waals surface area contributed by atoms with Crippen LogP contribution in [0.2, 0.25) is 0 Å². The summed E-state index contributed by atoms with van der Waals surface area (Å²) in [6.07, 6.45) is 2.32. The molecular weight excluding hydrogens is 435 g/mol. The molecule has 0 saturated heterocycles. The molecule has 1 aliphatic rings. The first kappa shape index (κ1) is 21.8. The molecule has 0 spiro atoms. The van der Waals surface area contributed by atoms with Gasteiger partial charge in [0, 0.05) is 30.5 Å². The first-order valence-corrected chi connectivity index (χ1v) is 11.0. The molecule has 4 aromatic rings. The van der Waals surface area contributed by atoms with Crippen LogP contribution in [-0.4, -0.2) is 31.8 Å². The molecule has 174 valence electrons. The second kappa shape index (κ2) is 8.74. The monoisotopic (exact) mass is 460 g/mol. The molecule has 0 saturated carbocycles. The second-order valence-corrected chi connectivity index (χ2v) is 8.31. The maximum Gasteiger partial charge on any atom is 0.225 e. The zero-order chi connectivity index (χ0) is 23.8. The highest BCUT2D eigenvalue weighted by Gasteiger charge is 2.29. The van der Waals surface area contributed by atoms with Crippen molar-refractivity contribution < 1.29 is 23.4 Å². The van der Waals surface area contributed by atoms with Crippen LogP contribution in [0.4, 0.5) is 10.1 Å². The van der Waals surface area contributed by atoms with E-state index >= 15 is 0 Å². The van der Waals surface area contributed by atoms with Gasteiger partial charge in [-0.25, -0.2) is 4.39 Å². The van der Waals surface area contributed by atoms with E-state index in [9.17, 15) is 9.18 Å². The zero-order valence-corrected chi connectivity index (χ0v) is 19.2. The topological polar surface area (TPSA) is 61.7 Å². The first-order valence-electron chi connectivity index (χ1n) is 11.0. The van der Waals surface area contributed by atoms with Crippen LogP contribution in [0.5, 0.6) is 17.2 Å². The van der Waals surface area contributed by atoms with Crippen molar-refractivity contribution in [3.63, 3.8) is 0 Å². The fourth-order valence-corrected chi connectivity index (χ4v) is 4.81. The Hall–Kier alpha value is -4.00. The van der Waals surface area contributed by atoms with Crippen LogP contribution in [0.1, 0.15) is 29.0 Å². The molecule has 34 heavy (non-hydrogen) atoms. The SMILES string of the molecule is COc1cc([C@@H]2CC(=O)Nc3cccc4c3c2cn4Cc2cccc(F)c2)cc(OC)c1OC. The molecule has 0 fully saturated rings. The fraction of sp³-hybridized carbons (Fsp3) is 0.222. The number of halogens is 1. The summed E-state index contributed by atoms with van der Waals surface area (Å²) in [4.78, 5) is 12.9. The largest absolute Gasteiger partial charge is 0.493 e. The van der Waals surface area contributed by atoms with Gasteiger partial charge in [0.2, 0.25) is 11.7 Å². The van der Waals surface area contributed by atoms with Gasteiger partial charge in [-0.05, 0) is 53.1 Å². The molecule has 3 aromatic carbocycles. The number of aromatic nitrogens is 1. The molecule has 0 aliphatic carbocycles. The van der Waals surface area contributed by atoms with Crippen molar-refractivity contribution in [1.82, 2.24) is 4.57 Å². The third kappa shape index (κ3) is 3.73. The number of benzene rings is 3. The lowest BCUT2D eigenvalue weighted by Crippen LogP contribution is -2.14. The number of methoxy groups -OCH3 is 3. The molecule has 1 atom stereocenters. The van der Waals surface area contributed by atoms with Crippen LogP contribution < -0.4 is 19.5 Å². The number of hydrogen-bond acceptors (Lipinski definition) is 4. The van der Waals surface area contributed by atoms with E-state index in [1.807, 2.05) is 36.4 Å². The van der Waals surface area contributed by atoms with E-state index in [0.717, 1.165) is 33.3 Å². The summed E-state index contributed by atoms with van der Waals surface area (Å²) >= 11 is 0. The lowest BCUT2D eigenvalue weighted by Gasteiger charge is -2.19. The van der Waals surface area contributed by atoms with Gasteiger partial charge in [0.15, 0.2) is 11.5 Å². The van der Waals surface area contributed by atoms with Crippen LogP contribution in [0.25, 0.3) is 10.9 Å². The van der Waals surface area contributed by atoms with Gasteiger partial charge in [0.05, 0.1) is 32.5 Å². The quantitative estimate of drug-likeness (QED) is 0.423. The molecule has 1 aromatic heterocycles. The Balaban J connectivity index is 1.70. The minimum Gasteiger partial charge on any atom is -0.493 e. The van der Waals surface area contributed by atoms with Crippen LogP contribution in [0.15, 0.2) is 60.8 Å². The van der Waals surface area contributed by atoms with Gasteiger partial charge in [-0.15, -0.1) is 0 Å². The summed E-state index contributed by atoms with van der Waals surface area (Å²) in [6.45, 7) is 0.508. The average molecular weight is 461 g/mol. The standard InChI is InChI=1S/C27H25FN2O4/c1-32-23-11-17(12-24(33-2)27(23)34-3)19-13-25(31)29-21-8-5-9-22-26(21)20(19)15-30(22)14-16-6-4-7-18(28)10-16/h4-12,15,19H,13-14H2,1-3H3,(H,29,31)/t19-/m0/s1. The van der Waals surface area contributed by atoms with Crippen molar-refractivity contribution in [2.75, 3.05) is 26.6 Å². The van der Waals surface area contributed by atoms with Gasteiger partial charge in [-0.2, -0.15) is 0 Å². The predicted octanol–water partition coefficient (Wildman–Crippen LogP) is 5.33. The maximum absolute atomic E-state index is 13.8. The molecular formula is C27H25FN2O4. The predicted molar refractivity (Wildman–Crippen MR) is 129 cm³/mol. The molecule has 6 nitrogen and oxygen atoms in total. The Labute approximate surface area is 196 Å². The van der Waals surface area contributed by atoms with Gasteiger partial charge < -0.3 is 24.1 Å². The number of hydrogen-bond donors (Lipinski definition) is 1. The van der Waals surface area contributed by atoms with E-state index < -0.39 is 0 Å². The Morgan fingerprint density at radius 2 is 1.74 bits per heavy atom. The summed E-state index contributed by atoms with van der Waals surface area (Å²) in [5.74, 6) is 0.989. The Bertz CT molecular complexity index is 1370. The van der Waals surface area contributed by atoms with E-state index in [2.05, 4.69) is 16.1 Å². The van der Waals surface area contributed by atoms with Crippen molar-refractivity contribution in [2.45, 2.75) is 18.9 Å². The van der Waals surface area contributed by atoms with Crippen LogP contribution in [-0.2, 0) is 11.3 Å². The minimum absolute atomic E-state index is 0.0702. The maximum atomic E-state index is 13.8. The summed E-state index contributed by atoms with van der Waals surface area (Å²) in [6, 6.07) is 16.2. The van der Waals surface area contributed by atoms with Gasteiger partial charge in [0.1, 0.15) is 5.82 Å². The molecule has 0 radical (unpaired) electrons. The smallest absolute Gasteiger partial charge is 0.225 e. The summed E-state index contributed by atoms with van der Waals surface area (Å²) in [7, 11) is 4.71. The van der Waals surface area contributed by atoms with Crippen LogP contribution in [0, 0.1) is 5.82 Å². The molecule has 7 heteroatoms. The molecule has 0 bridgehead atoms. The number of nitrogens with zero attached hydrogens (tertiary/aromatic N) is 1. The number of ether oxygens (including phenoxy) is 3. The summed E-state index contributed by atoms with van der Waals surface area (Å²) in [5, 5.41) is 4.03. The van der Waals surface area contributed by atoms with Gasteiger partial charge >= 0.3 is 0 Å². The van der Waals surface area contributed by atoms with Gasteiger partial charge in [-0.3, -0.25) is 4.79 Å². The van der Waals surface area contributed by atoms with Gasteiger partial charge in [-0.1, -0.05) is 18.2 Å². The van der Waals surface area contributed by atoms with Crippen LogP contribution >= 0.6 is 0 Å². The number of carbonyl (C=O) groups excluding carboxylic acids is 1. The third-order valence-electron chi connectivity index (χ3n) is 6.31. The van der Waals surface area contributed by atoms with Crippen molar-refractivity contribution in [3.05, 3.63) is 83.3 Å². The minimum atomic E-state index is -0.265. The van der Waals surface area contributed by atoms with E-state index in [-0.39, 0.29) is 24.1 Å². The van der Waals surface area contributed by atoms with Crippen molar-refractivity contribution in [3.8, 4) is 17.2 Å². The normalized spacial score (nSPS) is 15.1. The highest BCUT2D eigenvalue weighted by atomic mass is 19.1. The summed E-state index contributed by atoms with van der Waals surface area (Å²) in [5.41, 5.74) is 4.49. The van der Waals surface area contributed by atoms with E-state index in [0.29, 0.717) is 23.8 Å². The Kier molecular flexibility index (Phi) is 5.61. The lowest BCUT2D eigenvalue weighted by atomic mass is 9.88. The highest BCUT2D eigenvalue weighted by molar-refractivity contribution is 6.06. The second-order valence-electron chi connectivity index (χ2n) is 8.31. The first-order chi connectivity index (χ1) is 16.5. The number of amides is 1. The summed E-state index contributed by atoms with van der Waals surface area (Å²) < 4.78 is 32.5. The van der Waals surface area contributed by atoms with Crippen molar-refractivity contribution in [1.29, 1.82) is 0 Å². The lowest BCUT2D eigenvalue weighted by molar-refractivity contribution is -0.116. The Morgan fingerprint density at radius 3 is 2.41 bits per heavy atom. The number of anilines is 1. The van der Waals surface area contributed by atoms with E-state index in [4.69, 9.17) is 14.2 Å². The molecule has 5 rings (SSSR count). The van der Waals surface area contributed by atoms with Crippen molar-refractivity contribution in [2.24, 2.45) is 0 Å². The molecule has 0 unspecified atom stereocenters. The number of rotatable bonds is 6. The fourth-order valence-electron chi connectivity index (χ4n) is 4.81. The molecule has 1 N–H and O–H groups in total. The van der Waals surface area contributed by atoms with Crippen LogP contribution in [0.3, 0.4) is 0 Å². The molecule has 1 aliphatic heterocycles.